The summed E-state index contributed by atoms with van der Waals surface area (Å²) in [6, 6.07) is 21.4. The number of carbonyl (C=O) groups excluding carboxylic acids is 1. The lowest BCUT2D eigenvalue weighted by molar-refractivity contribution is -0.120. The molecule has 0 radical (unpaired) electrons. The van der Waals surface area contributed by atoms with Crippen LogP contribution >= 0.6 is 11.6 Å². The van der Waals surface area contributed by atoms with Gasteiger partial charge in [0.15, 0.2) is 0 Å². The van der Waals surface area contributed by atoms with E-state index in [9.17, 15) is 9.18 Å². The molecule has 7 nitrogen and oxygen atoms in total. The van der Waals surface area contributed by atoms with Gasteiger partial charge in [-0.05, 0) is 78.2 Å². The Hall–Kier alpha value is -4.30. The lowest BCUT2D eigenvalue weighted by Gasteiger charge is -2.33. The predicted octanol–water partition coefficient (Wildman–Crippen LogP) is 6.04. The summed E-state index contributed by atoms with van der Waals surface area (Å²) in [5.74, 6) is 1.23. The van der Waals surface area contributed by atoms with Crippen LogP contribution in [0.15, 0.2) is 85.2 Å². The van der Waals surface area contributed by atoms with Crippen molar-refractivity contribution in [2.24, 2.45) is 0 Å². The number of nitrogens with one attached hydrogen (secondary N) is 1. The zero-order valence-electron chi connectivity index (χ0n) is 21.4. The maximum absolute atomic E-state index is 12.2. The Balaban J connectivity index is 0.000000292. The number of aromatic nitrogens is 3. The molecule has 0 saturated heterocycles. The number of nitrogens with zero attached hydrogens (tertiary/aromatic N) is 3. The fourth-order valence-electron chi connectivity index (χ4n) is 4.76. The number of amides is 1. The fraction of sp³-hybridized carbons (Fsp3) is 0.200. The van der Waals surface area contributed by atoms with Crippen LogP contribution in [0.4, 0.5) is 4.39 Å². The van der Waals surface area contributed by atoms with Crippen molar-refractivity contribution in [1.29, 1.82) is 0 Å². The first-order chi connectivity index (χ1) is 19.1. The van der Waals surface area contributed by atoms with Gasteiger partial charge >= 0.3 is 0 Å². The van der Waals surface area contributed by atoms with E-state index >= 15 is 0 Å². The second-order valence-electron chi connectivity index (χ2n) is 9.05. The van der Waals surface area contributed by atoms with Gasteiger partial charge in [-0.2, -0.15) is 5.10 Å². The van der Waals surface area contributed by atoms with E-state index in [2.05, 4.69) is 10.1 Å². The summed E-state index contributed by atoms with van der Waals surface area (Å²) in [5.41, 5.74) is 4.37. The number of hydrogen-bond donors (Lipinski definition) is 1. The summed E-state index contributed by atoms with van der Waals surface area (Å²) in [5, 5.41) is 6.02. The molecule has 3 aromatic carbocycles. The van der Waals surface area contributed by atoms with Gasteiger partial charge < -0.3 is 19.4 Å². The Labute approximate surface area is 230 Å². The van der Waals surface area contributed by atoms with Crippen molar-refractivity contribution in [3.63, 3.8) is 0 Å². The van der Waals surface area contributed by atoms with Crippen LogP contribution in [0.1, 0.15) is 22.9 Å². The molecule has 1 aliphatic rings. The molecule has 200 valence electrons. The number of carbonyl (C=O) groups is 1. The molecule has 0 spiro atoms. The molecule has 9 heteroatoms. The molecule has 0 fully saturated rings. The Morgan fingerprint density at radius 3 is 2.56 bits per heavy atom. The molecular weight excluding hydrogens is 519 g/mol. The number of benzene rings is 3. The maximum Gasteiger partial charge on any atom is 0.210 e. The molecule has 3 heterocycles. The minimum Gasteiger partial charge on any atom is -0.497 e. The van der Waals surface area contributed by atoms with Crippen molar-refractivity contribution >= 4 is 28.9 Å². The first-order valence-electron chi connectivity index (χ1n) is 12.6. The summed E-state index contributed by atoms with van der Waals surface area (Å²) < 4.78 is 24.6. The molecular formula is C30H28ClFN4O3. The van der Waals surface area contributed by atoms with Gasteiger partial charge in [-0.25, -0.2) is 4.39 Å². The van der Waals surface area contributed by atoms with E-state index in [-0.39, 0.29) is 11.9 Å². The standard InChI is InChI=1S/C23H21ClN4O2.C7H7FO/c24-17-4-7-21-20(14-17)19-8-11-27(15-29)23(22(19)26-21)16-2-5-18(6-3-16)30-13-12-28-10-1-9-25-28;1-9-7-4-2-6(8)3-5-7/h1-7,9-10,14-15,23,26H,8,11-13H2;2-5H,1H3. The lowest BCUT2D eigenvalue weighted by atomic mass is 9.93. The van der Waals surface area contributed by atoms with E-state index in [1.165, 1.54) is 17.7 Å². The molecule has 0 saturated carbocycles. The van der Waals surface area contributed by atoms with E-state index < -0.39 is 0 Å². The number of ether oxygens (including phenoxy) is 2. The highest BCUT2D eigenvalue weighted by molar-refractivity contribution is 6.31. The maximum atomic E-state index is 12.2. The second-order valence-corrected chi connectivity index (χ2v) is 9.48. The van der Waals surface area contributed by atoms with Crippen molar-refractivity contribution in [2.45, 2.75) is 19.0 Å². The van der Waals surface area contributed by atoms with Crippen molar-refractivity contribution < 1.29 is 18.7 Å². The van der Waals surface area contributed by atoms with Crippen LogP contribution < -0.4 is 9.47 Å². The van der Waals surface area contributed by atoms with Gasteiger partial charge in [0, 0.05) is 40.6 Å². The molecule has 6 rings (SSSR count). The van der Waals surface area contributed by atoms with Crippen molar-refractivity contribution in [1.82, 2.24) is 19.7 Å². The molecule has 0 bridgehead atoms. The molecule has 2 aromatic heterocycles. The van der Waals surface area contributed by atoms with Gasteiger partial charge in [-0.3, -0.25) is 9.48 Å². The summed E-state index contributed by atoms with van der Waals surface area (Å²) in [7, 11) is 1.55. The third-order valence-electron chi connectivity index (χ3n) is 6.66. The molecule has 1 atom stereocenters. The van der Waals surface area contributed by atoms with Crippen molar-refractivity contribution in [3.05, 3.63) is 113 Å². The number of H-pyrrole nitrogens is 1. The number of hydrogen-bond acceptors (Lipinski definition) is 4. The zero-order chi connectivity index (χ0) is 27.2. The summed E-state index contributed by atoms with van der Waals surface area (Å²) in [6.45, 7) is 1.90. The van der Waals surface area contributed by atoms with Gasteiger partial charge in [0.2, 0.25) is 6.41 Å². The van der Waals surface area contributed by atoms with Crippen molar-refractivity contribution in [2.75, 3.05) is 20.3 Å². The third-order valence-corrected chi connectivity index (χ3v) is 6.89. The molecule has 39 heavy (non-hydrogen) atoms. The van der Waals surface area contributed by atoms with Crippen molar-refractivity contribution in [3.8, 4) is 11.5 Å². The van der Waals surface area contributed by atoms with Crippen LogP contribution in [0.2, 0.25) is 5.02 Å². The van der Waals surface area contributed by atoms with E-state index in [0.717, 1.165) is 45.8 Å². The predicted molar refractivity (Wildman–Crippen MR) is 149 cm³/mol. The van der Waals surface area contributed by atoms with Crippen LogP contribution in [-0.4, -0.2) is 46.3 Å². The highest BCUT2D eigenvalue weighted by Gasteiger charge is 2.31. The first-order valence-corrected chi connectivity index (χ1v) is 12.9. The molecule has 5 aromatic rings. The van der Waals surface area contributed by atoms with E-state index in [1.54, 1.807) is 25.4 Å². The van der Waals surface area contributed by atoms with Crippen LogP contribution in [0, 0.1) is 5.82 Å². The van der Waals surface area contributed by atoms with Crippen LogP contribution in [0.25, 0.3) is 10.9 Å². The Morgan fingerprint density at radius 2 is 1.87 bits per heavy atom. The lowest BCUT2D eigenvalue weighted by Crippen LogP contribution is -2.34. The quantitative estimate of drug-likeness (QED) is 0.253. The molecule has 1 unspecified atom stereocenters. The Kier molecular flexibility index (Phi) is 8.13. The van der Waals surface area contributed by atoms with Crippen LogP contribution in [-0.2, 0) is 17.8 Å². The number of halogens is 2. The van der Waals surface area contributed by atoms with Gasteiger partial charge in [0.05, 0.1) is 19.7 Å². The van der Waals surface area contributed by atoms with Gasteiger partial charge in [-0.15, -0.1) is 0 Å². The topological polar surface area (TPSA) is 72.4 Å². The highest BCUT2D eigenvalue weighted by Crippen LogP contribution is 2.38. The summed E-state index contributed by atoms with van der Waals surface area (Å²) >= 11 is 6.22. The molecule has 0 aliphatic carbocycles. The highest BCUT2D eigenvalue weighted by atomic mass is 35.5. The minimum atomic E-state index is -0.240. The third kappa shape index (κ3) is 6.07. The van der Waals surface area contributed by atoms with Crippen LogP contribution in [0.3, 0.4) is 0 Å². The summed E-state index contributed by atoms with van der Waals surface area (Å²) in [4.78, 5) is 17.2. The molecule has 1 N–H and O–H groups in total. The minimum absolute atomic E-state index is 0.157. The van der Waals surface area contributed by atoms with Gasteiger partial charge in [0.25, 0.3) is 0 Å². The average Bonchev–Trinajstić information content (AvgIpc) is 3.61. The number of aromatic amines is 1. The van der Waals surface area contributed by atoms with E-state index in [0.29, 0.717) is 25.4 Å². The Morgan fingerprint density at radius 1 is 1.10 bits per heavy atom. The van der Waals surface area contributed by atoms with Gasteiger partial charge in [0.1, 0.15) is 23.9 Å². The van der Waals surface area contributed by atoms with E-state index in [4.69, 9.17) is 21.1 Å². The SMILES string of the molecule is COc1ccc(F)cc1.O=CN1CCc2c([nH]c3ccc(Cl)cc23)C1c1ccc(OCCn2cccn2)cc1. The van der Waals surface area contributed by atoms with Gasteiger partial charge in [-0.1, -0.05) is 23.7 Å². The largest absolute Gasteiger partial charge is 0.497 e. The first kappa shape index (κ1) is 26.3. The number of fused-ring (bicyclic) bond motifs is 3. The monoisotopic (exact) mass is 546 g/mol. The van der Waals surface area contributed by atoms with E-state index in [1.807, 2.05) is 64.3 Å². The second kappa shape index (κ2) is 12.0. The van der Waals surface area contributed by atoms with Crippen LogP contribution in [0.5, 0.6) is 11.5 Å². The number of methoxy groups -OCH3 is 1. The normalized spacial score (nSPS) is 14.3. The summed E-state index contributed by atoms with van der Waals surface area (Å²) in [6.07, 6.45) is 5.40. The molecule has 1 aliphatic heterocycles. The fourth-order valence-corrected chi connectivity index (χ4v) is 4.93. The number of rotatable bonds is 7. The molecule has 1 amide bonds. The zero-order valence-corrected chi connectivity index (χ0v) is 22.1. The average molecular weight is 547 g/mol. The smallest absolute Gasteiger partial charge is 0.210 e. The Bertz CT molecular complexity index is 1520.